The summed E-state index contributed by atoms with van der Waals surface area (Å²) >= 11 is 0. The highest BCUT2D eigenvalue weighted by Gasteiger charge is 2.24. The summed E-state index contributed by atoms with van der Waals surface area (Å²) in [4.78, 5) is 39.6. The summed E-state index contributed by atoms with van der Waals surface area (Å²) in [5, 5.41) is 23.1. The topological polar surface area (TPSA) is 120 Å². The Hall–Kier alpha value is -4.79. The molecule has 4 rings (SSSR count). The standard InChI is InChI=1S/C37H42N4O4/c1-4-26-14-11-15-28(18-26)23-39-24-34(42)33(19-27-12-7-5-8-13-27)41-37(45)32-21-30(35(43)38-3)20-31(22-32)36(44)40-25(2)29-16-9-6-10-17-29/h5-18,20-22,25,33-34,39,42H,4,19,23-24H2,1-3H3,(H,38,43)(H,40,44)(H,41,45)/t25-,33+,34-/m1/s1. The molecule has 45 heavy (non-hydrogen) atoms. The third-order valence-electron chi connectivity index (χ3n) is 7.76. The fraction of sp³-hybridized carbons (Fsp3) is 0.270. The number of aliphatic hydroxyl groups excluding tert-OH is 1. The second kappa shape index (κ2) is 16.3. The quantitative estimate of drug-likeness (QED) is 0.144. The molecule has 0 aliphatic carbocycles. The largest absolute Gasteiger partial charge is 0.390 e. The van der Waals surface area contributed by atoms with E-state index in [1.807, 2.05) is 79.7 Å². The maximum Gasteiger partial charge on any atom is 0.251 e. The van der Waals surface area contributed by atoms with Gasteiger partial charge in [-0.05, 0) is 60.2 Å². The zero-order chi connectivity index (χ0) is 32.2. The third kappa shape index (κ3) is 9.60. The van der Waals surface area contributed by atoms with E-state index in [9.17, 15) is 19.5 Å². The van der Waals surface area contributed by atoms with Gasteiger partial charge in [-0.25, -0.2) is 0 Å². The Balaban J connectivity index is 1.53. The summed E-state index contributed by atoms with van der Waals surface area (Å²) in [7, 11) is 1.49. The molecule has 0 unspecified atom stereocenters. The first kappa shape index (κ1) is 33.1. The van der Waals surface area contributed by atoms with E-state index in [1.165, 1.54) is 30.8 Å². The number of amides is 3. The highest BCUT2D eigenvalue weighted by Crippen LogP contribution is 2.16. The first-order chi connectivity index (χ1) is 21.8. The molecule has 8 heteroatoms. The van der Waals surface area contributed by atoms with Crippen LogP contribution >= 0.6 is 0 Å². The van der Waals surface area contributed by atoms with Crippen LogP contribution in [0.15, 0.2) is 103 Å². The van der Waals surface area contributed by atoms with Crippen molar-refractivity contribution < 1.29 is 19.5 Å². The lowest BCUT2D eigenvalue weighted by Gasteiger charge is -2.25. The van der Waals surface area contributed by atoms with Crippen LogP contribution in [0.2, 0.25) is 0 Å². The van der Waals surface area contributed by atoms with Gasteiger partial charge in [0.2, 0.25) is 0 Å². The number of hydrogen-bond acceptors (Lipinski definition) is 5. The van der Waals surface area contributed by atoms with Crippen molar-refractivity contribution in [1.82, 2.24) is 21.3 Å². The molecule has 0 bridgehead atoms. The first-order valence-corrected chi connectivity index (χ1v) is 15.3. The van der Waals surface area contributed by atoms with Gasteiger partial charge >= 0.3 is 0 Å². The van der Waals surface area contributed by atoms with Crippen molar-refractivity contribution in [2.45, 2.75) is 51.4 Å². The Morgan fingerprint density at radius 3 is 1.87 bits per heavy atom. The molecule has 234 valence electrons. The van der Waals surface area contributed by atoms with E-state index in [1.54, 1.807) is 0 Å². The number of benzene rings is 4. The average Bonchev–Trinajstić information content (AvgIpc) is 3.08. The van der Waals surface area contributed by atoms with Crippen molar-refractivity contribution in [1.29, 1.82) is 0 Å². The van der Waals surface area contributed by atoms with E-state index < -0.39 is 29.9 Å². The van der Waals surface area contributed by atoms with E-state index in [0.717, 1.165) is 23.1 Å². The molecular weight excluding hydrogens is 564 g/mol. The van der Waals surface area contributed by atoms with Gasteiger partial charge in [-0.1, -0.05) is 91.9 Å². The van der Waals surface area contributed by atoms with Crippen LogP contribution in [0.5, 0.6) is 0 Å². The van der Waals surface area contributed by atoms with Crippen molar-refractivity contribution in [3.05, 3.63) is 142 Å². The highest BCUT2D eigenvalue weighted by molar-refractivity contribution is 6.04. The monoisotopic (exact) mass is 606 g/mol. The van der Waals surface area contributed by atoms with Crippen LogP contribution < -0.4 is 21.3 Å². The van der Waals surface area contributed by atoms with Crippen LogP contribution in [0, 0.1) is 0 Å². The number of aliphatic hydroxyl groups is 1. The Morgan fingerprint density at radius 2 is 1.24 bits per heavy atom. The summed E-state index contributed by atoms with van der Waals surface area (Å²) in [6.45, 7) is 4.80. The lowest BCUT2D eigenvalue weighted by Crippen LogP contribution is -2.48. The molecule has 0 fully saturated rings. The number of carbonyl (C=O) groups is 3. The average molecular weight is 607 g/mol. The molecular formula is C37H42N4O4. The van der Waals surface area contributed by atoms with Gasteiger partial charge in [0.1, 0.15) is 0 Å². The van der Waals surface area contributed by atoms with E-state index in [-0.39, 0.29) is 29.3 Å². The Morgan fingerprint density at radius 1 is 0.689 bits per heavy atom. The van der Waals surface area contributed by atoms with Crippen molar-refractivity contribution in [3.8, 4) is 0 Å². The fourth-order valence-corrected chi connectivity index (χ4v) is 5.14. The Bertz CT molecular complexity index is 1580. The van der Waals surface area contributed by atoms with Crippen LogP contribution in [-0.2, 0) is 19.4 Å². The second-order valence-corrected chi connectivity index (χ2v) is 11.1. The van der Waals surface area contributed by atoms with Gasteiger partial charge in [-0.2, -0.15) is 0 Å². The molecule has 0 heterocycles. The van der Waals surface area contributed by atoms with Gasteiger partial charge in [0.05, 0.1) is 18.2 Å². The summed E-state index contributed by atoms with van der Waals surface area (Å²) in [6, 6.07) is 30.9. The van der Waals surface area contributed by atoms with Crippen LogP contribution in [0.25, 0.3) is 0 Å². The molecule has 8 nitrogen and oxygen atoms in total. The minimum atomic E-state index is -0.917. The molecule has 4 aromatic carbocycles. The zero-order valence-electron chi connectivity index (χ0n) is 26.0. The van der Waals surface area contributed by atoms with Gasteiger partial charge in [0, 0.05) is 36.8 Å². The van der Waals surface area contributed by atoms with Crippen LogP contribution in [-0.4, -0.2) is 48.6 Å². The summed E-state index contributed by atoms with van der Waals surface area (Å²) < 4.78 is 0. The van der Waals surface area contributed by atoms with E-state index in [2.05, 4.69) is 40.3 Å². The van der Waals surface area contributed by atoms with Gasteiger partial charge in [0.15, 0.2) is 0 Å². The molecule has 0 aliphatic rings. The Labute approximate surface area is 265 Å². The molecule has 0 aliphatic heterocycles. The molecule has 0 aromatic heterocycles. The van der Waals surface area contributed by atoms with Crippen molar-refractivity contribution in [3.63, 3.8) is 0 Å². The lowest BCUT2D eigenvalue weighted by atomic mass is 9.99. The molecule has 0 spiro atoms. The van der Waals surface area contributed by atoms with E-state index >= 15 is 0 Å². The number of nitrogens with one attached hydrogen (secondary N) is 4. The maximum atomic E-state index is 13.7. The summed E-state index contributed by atoms with van der Waals surface area (Å²) in [5.74, 6) is -1.34. The van der Waals surface area contributed by atoms with Gasteiger partial charge < -0.3 is 26.4 Å². The second-order valence-electron chi connectivity index (χ2n) is 11.1. The highest BCUT2D eigenvalue weighted by atomic mass is 16.3. The number of aryl methyl sites for hydroxylation is 1. The number of hydrogen-bond donors (Lipinski definition) is 5. The Kier molecular flexibility index (Phi) is 12.0. The van der Waals surface area contributed by atoms with Gasteiger partial charge in [-0.15, -0.1) is 0 Å². The molecule has 0 saturated carbocycles. The fourth-order valence-electron chi connectivity index (χ4n) is 5.14. The number of carbonyl (C=O) groups excluding carboxylic acids is 3. The smallest absolute Gasteiger partial charge is 0.251 e. The maximum absolute atomic E-state index is 13.7. The van der Waals surface area contributed by atoms with E-state index in [4.69, 9.17) is 0 Å². The molecule has 5 N–H and O–H groups in total. The third-order valence-corrected chi connectivity index (χ3v) is 7.76. The van der Waals surface area contributed by atoms with Crippen LogP contribution in [0.1, 0.15) is 73.2 Å². The van der Waals surface area contributed by atoms with Gasteiger partial charge in [0.25, 0.3) is 17.7 Å². The SMILES string of the molecule is CCc1cccc(CNC[C@@H](O)[C@H](Cc2ccccc2)NC(=O)c2cc(C(=O)NC)cc(C(=O)N[C@H](C)c3ccccc3)c2)c1. The molecule has 3 atom stereocenters. The molecule has 4 aromatic rings. The van der Waals surface area contributed by atoms with Gasteiger partial charge in [-0.3, -0.25) is 14.4 Å². The minimum Gasteiger partial charge on any atom is -0.390 e. The lowest BCUT2D eigenvalue weighted by molar-refractivity contribution is 0.0830. The predicted octanol–water partition coefficient (Wildman–Crippen LogP) is 4.59. The van der Waals surface area contributed by atoms with Crippen LogP contribution in [0.3, 0.4) is 0 Å². The summed E-state index contributed by atoms with van der Waals surface area (Å²) in [5.41, 5.74) is 4.73. The predicted molar refractivity (Wildman–Crippen MR) is 177 cm³/mol. The van der Waals surface area contributed by atoms with Crippen molar-refractivity contribution in [2.75, 3.05) is 13.6 Å². The van der Waals surface area contributed by atoms with E-state index in [0.29, 0.717) is 13.0 Å². The number of rotatable bonds is 14. The normalized spacial score (nSPS) is 12.9. The minimum absolute atomic E-state index is 0.142. The molecule has 3 amide bonds. The van der Waals surface area contributed by atoms with Crippen molar-refractivity contribution >= 4 is 17.7 Å². The zero-order valence-corrected chi connectivity index (χ0v) is 26.0. The first-order valence-electron chi connectivity index (χ1n) is 15.3. The molecule has 0 radical (unpaired) electrons. The molecule has 0 saturated heterocycles. The van der Waals surface area contributed by atoms with Crippen LogP contribution in [0.4, 0.5) is 0 Å². The van der Waals surface area contributed by atoms with Crippen molar-refractivity contribution in [2.24, 2.45) is 0 Å². The summed E-state index contributed by atoms with van der Waals surface area (Å²) in [6.07, 6.45) is 0.413.